The van der Waals surface area contributed by atoms with Gasteiger partial charge in [0.05, 0.1) is 10.5 Å². The number of pyridine rings is 1. The minimum absolute atomic E-state index is 0.0468. The Bertz CT molecular complexity index is 1160. The van der Waals surface area contributed by atoms with Gasteiger partial charge >= 0.3 is 0 Å². The maximum Gasteiger partial charge on any atom is 0.239 e. The van der Waals surface area contributed by atoms with Gasteiger partial charge in [-0.1, -0.05) is 12.1 Å². The lowest BCUT2D eigenvalue weighted by molar-refractivity contribution is 0.269. The molecule has 0 spiro atoms. The predicted octanol–water partition coefficient (Wildman–Crippen LogP) is 1.73. The van der Waals surface area contributed by atoms with Crippen molar-refractivity contribution in [1.82, 2.24) is 30.9 Å². The molecule has 1 saturated carbocycles. The van der Waals surface area contributed by atoms with E-state index in [1.165, 1.54) is 0 Å². The van der Waals surface area contributed by atoms with Crippen LogP contribution < -0.4 is 16.2 Å². The molecule has 0 aliphatic heterocycles. The first kappa shape index (κ1) is 22.3. The number of tetrazole rings is 1. The number of H-pyrrole nitrogens is 1. The second-order valence-electron chi connectivity index (χ2n) is 8.38. The van der Waals surface area contributed by atoms with Crippen molar-refractivity contribution in [2.45, 2.75) is 37.0 Å². The van der Waals surface area contributed by atoms with E-state index in [0.29, 0.717) is 46.3 Å². The molecule has 170 valence electrons. The van der Waals surface area contributed by atoms with Gasteiger partial charge in [-0.25, -0.2) is 18.5 Å². The first-order valence-corrected chi connectivity index (χ1v) is 12.2. The highest BCUT2D eigenvalue weighted by Crippen LogP contribution is 2.39. The Hall–Kier alpha value is -2.89. The van der Waals surface area contributed by atoms with E-state index in [9.17, 15) is 8.42 Å². The summed E-state index contributed by atoms with van der Waals surface area (Å²) in [7, 11) is -2.10. The van der Waals surface area contributed by atoms with Crippen molar-refractivity contribution in [3.8, 4) is 22.5 Å². The Morgan fingerprint density at radius 2 is 1.88 bits per heavy atom. The maximum atomic E-state index is 12.8. The molecule has 6 N–H and O–H groups in total. The minimum atomic E-state index is -4.08. The summed E-state index contributed by atoms with van der Waals surface area (Å²) in [5, 5.41) is 23.2. The number of nitrogens with two attached hydrogens (primary N) is 2. The first-order valence-electron chi connectivity index (χ1n) is 10.7. The summed E-state index contributed by atoms with van der Waals surface area (Å²) >= 11 is 0. The zero-order valence-electron chi connectivity index (χ0n) is 18.0. The van der Waals surface area contributed by atoms with Crippen LogP contribution in [0.4, 0.5) is 5.82 Å². The molecular weight excluding hydrogens is 428 g/mol. The van der Waals surface area contributed by atoms with Crippen molar-refractivity contribution in [3.63, 3.8) is 0 Å². The molecule has 0 saturated heterocycles. The molecule has 1 aliphatic rings. The molecule has 1 fully saturated rings. The molecular formula is C21H28N8O2S. The van der Waals surface area contributed by atoms with Gasteiger partial charge < -0.3 is 11.1 Å². The summed E-state index contributed by atoms with van der Waals surface area (Å²) in [5.41, 5.74) is 8.01. The van der Waals surface area contributed by atoms with Crippen molar-refractivity contribution < 1.29 is 8.42 Å². The van der Waals surface area contributed by atoms with E-state index >= 15 is 0 Å². The van der Waals surface area contributed by atoms with Crippen LogP contribution in [0.1, 0.15) is 31.2 Å². The van der Waals surface area contributed by atoms with Gasteiger partial charge in [-0.05, 0) is 86.0 Å². The maximum absolute atomic E-state index is 12.8. The van der Waals surface area contributed by atoms with Crippen LogP contribution in [-0.4, -0.2) is 47.6 Å². The SMILES string of the molecule is CNCC1CCC(Cc2ccc(-c3ccc(N)nc3)c(-c3nn[nH]n3)c2S(N)(=O)=O)CC1. The van der Waals surface area contributed by atoms with Gasteiger partial charge in [0.1, 0.15) is 5.82 Å². The molecule has 1 aliphatic carbocycles. The van der Waals surface area contributed by atoms with Crippen LogP contribution >= 0.6 is 0 Å². The monoisotopic (exact) mass is 456 g/mol. The van der Waals surface area contributed by atoms with Gasteiger partial charge in [0, 0.05) is 11.8 Å². The van der Waals surface area contributed by atoms with E-state index in [0.717, 1.165) is 32.2 Å². The number of nitrogen functional groups attached to an aromatic ring is 1. The third kappa shape index (κ3) is 4.79. The average Bonchev–Trinajstić information content (AvgIpc) is 3.29. The highest BCUT2D eigenvalue weighted by atomic mass is 32.2. The van der Waals surface area contributed by atoms with E-state index in [4.69, 9.17) is 10.9 Å². The lowest BCUT2D eigenvalue weighted by Gasteiger charge is -2.29. The Labute approximate surface area is 187 Å². The van der Waals surface area contributed by atoms with Crippen molar-refractivity contribution in [2.24, 2.45) is 17.0 Å². The molecule has 0 unspecified atom stereocenters. The van der Waals surface area contributed by atoms with E-state index in [-0.39, 0.29) is 10.7 Å². The fourth-order valence-electron chi connectivity index (χ4n) is 4.65. The number of nitrogens with zero attached hydrogens (tertiary/aromatic N) is 4. The van der Waals surface area contributed by atoms with Crippen LogP contribution in [0.25, 0.3) is 22.5 Å². The zero-order valence-corrected chi connectivity index (χ0v) is 18.8. The third-order valence-corrected chi connectivity index (χ3v) is 7.19. The number of rotatable bonds is 7. The van der Waals surface area contributed by atoms with Gasteiger partial charge in [-0.3, -0.25) is 0 Å². The van der Waals surface area contributed by atoms with Crippen LogP contribution in [0, 0.1) is 11.8 Å². The van der Waals surface area contributed by atoms with Crippen LogP contribution in [0.15, 0.2) is 35.4 Å². The summed E-state index contributed by atoms with van der Waals surface area (Å²) in [6, 6.07) is 7.14. The largest absolute Gasteiger partial charge is 0.384 e. The second-order valence-corrected chi connectivity index (χ2v) is 9.88. The number of hydrogen-bond donors (Lipinski definition) is 4. The summed E-state index contributed by atoms with van der Waals surface area (Å²) in [5.74, 6) is 1.60. The molecule has 1 aromatic carbocycles. The normalized spacial score (nSPS) is 19.2. The molecule has 10 nitrogen and oxygen atoms in total. The first-order chi connectivity index (χ1) is 15.4. The molecule has 3 aromatic rings. The van der Waals surface area contributed by atoms with Gasteiger partial charge in [0.2, 0.25) is 15.8 Å². The number of aromatic amines is 1. The van der Waals surface area contributed by atoms with E-state index in [1.807, 2.05) is 19.2 Å². The topological polar surface area (TPSA) is 166 Å². The summed E-state index contributed by atoms with van der Waals surface area (Å²) < 4.78 is 25.7. The molecule has 32 heavy (non-hydrogen) atoms. The Kier molecular flexibility index (Phi) is 6.49. The standard InChI is InChI=1S/C21H28N8O2S/c1-24-11-14-4-2-13(3-5-14)10-15-6-8-17(16-7-9-18(22)25-12-16)19(20(15)32(23,30)31)21-26-28-29-27-21/h6-9,12-14,24H,2-5,10-11H2,1H3,(H2,22,25)(H2,23,30,31)(H,26,27,28,29). The highest BCUT2D eigenvalue weighted by Gasteiger charge is 2.29. The zero-order chi connectivity index (χ0) is 22.7. The van der Waals surface area contributed by atoms with Gasteiger partial charge in [0.25, 0.3) is 0 Å². The Morgan fingerprint density at radius 1 is 1.12 bits per heavy atom. The lowest BCUT2D eigenvalue weighted by Crippen LogP contribution is -2.25. The predicted molar refractivity (Wildman–Crippen MR) is 122 cm³/mol. The van der Waals surface area contributed by atoms with Crippen molar-refractivity contribution >= 4 is 15.8 Å². The quantitative estimate of drug-likeness (QED) is 0.417. The van der Waals surface area contributed by atoms with Crippen LogP contribution in [-0.2, 0) is 16.4 Å². The molecule has 0 amide bonds. The van der Waals surface area contributed by atoms with Crippen molar-refractivity contribution in [2.75, 3.05) is 19.3 Å². The molecule has 0 atom stereocenters. The molecule has 2 aromatic heterocycles. The molecule has 4 rings (SSSR count). The van der Waals surface area contributed by atoms with Crippen LogP contribution in [0.3, 0.4) is 0 Å². The molecule has 0 bridgehead atoms. The van der Waals surface area contributed by atoms with Gasteiger partial charge in [-0.15, -0.1) is 10.2 Å². The Morgan fingerprint density at radius 3 is 2.47 bits per heavy atom. The number of benzene rings is 1. The van der Waals surface area contributed by atoms with Crippen molar-refractivity contribution in [1.29, 1.82) is 0 Å². The Balaban J connectivity index is 1.78. The van der Waals surface area contributed by atoms with Gasteiger partial charge in [-0.2, -0.15) is 5.21 Å². The third-order valence-electron chi connectivity index (χ3n) is 6.16. The summed E-state index contributed by atoms with van der Waals surface area (Å²) in [6.45, 7) is 1.02. The number of primary sulfonamides is 1. The van der Waals surface area contributed by atoms with E-state index in [2.05, 4.69) is 30.9 Å². The van der Waals surface area contributed by atoms with E-state index < -0.39 is 10.0 Å². The van der Waals surface area contributed by atoms with Gasteiger partial charge in [0.15, 0.2) is 0 Å². The van der Waals surface area contributed by atoms with Crippen LogP contribution in [0.2, 0.25) is 0 Å². The minimum Gasteiger partial charge on any atom is -0.384 e. The summed E-state index contributed by atoms with van der Waals surface area (Å²) in [6.07, 6.45) is 6.58. The molecule has 2 heterocycles. The fraction of sp³-hybridized carbons (Fsp3) is 0.429. The second kappa shape index (κ2) is 9.31. The smallest absolute Gasteiger partial charge is 0.239 e. The number of aromatic nitrogens is 5. The lowest BCUT2D eigenvalue weighted by atomic mass is 9.79. The molecule has 0 radical (unpaired) electrons. The highest BCUT2D eigenvalue weighted by molar-refractivity contribution is 7.89. The average molecular weight is 457 g/mol. The number of anilines is 1. The number of nitrogens with one attached hydrogen (secondary N) is 2. The number of hydrogen-bond acceptors (Lipinski definition) is 8. The van der Waals surface area contributed by atoms with Crippen LogP contribution in [0.5, 0.6) is 0 Å². The number of sulfonamides is 1. The fourth-order valence-corrected chi connectivity index (χ4v) is 5.65. The van der Waals surface area contributed by atoms with Crippen molar-refractivity contribution in [3.05, 3.63) is 36.0 Å². The molecule has 11 heteroatoms. The van der Waals surface area contributed by atoms with E-state index in [1.54, 1.807) is 18.3 Å². The summed E-state index contributed by atoms with van der Waals surface area (Å²) in [4.78, 5) is 4.18.